The number of pyridine rings is 1. The van der Waals surface area contributed by atoms with Gasteiger partial charge in [-0.05, 0) is 60.7 Å². The van der Waals surface area contributed by atoms with Gasteiger partial charge in [0.2, 0.25) is 0 Å². The second kappa shape index (κ2) is 8.20. The van der Waals surface area contributed by atoms with E-state index in [2.05, 4.69) is 11.2 Å². The first-order valence-electron chi connectivity index (χ1n) is 8.17. The van der Waals surface area contributed by atoms with Gasteiger partial charge in [-0.2, -0.15) is 11.8 Å². The molecule has 0 N–H and O–H groups in total. The van der Waals surface area contributed by atoms with E-state index in [0.29, 0.717) is 12.5 Å². The highest BCUT2D eigenvalue weighted by Crippen LogP contribution is 2.22. The predicted octanol–water partition coefficient (Wildman–Crippen LogP) is 3.49. The Balaban J connectivity index is 1.55. The first-order chi connectivity index (χ1) is 11.8. The van der Waals surface area contributed by atoms with Crippen molar-refractivity contribution in [1.29, 1.82) is 0 Å². The molecular weight excluding hydrogens is 320 g/mol. The summed E-state index contributed by atoms with van der Waals surface area (Å²) in [6.45, 7) is 2.16. The van der Waals surface area contributed by atoms with Gasteiger partial charge < -0.3 is 9.64 Å². The molecule has 1 aromatic heterocycles. The number of aromatic nitrogens is 1. The topological polar surface area (TPSA) is 42.4 Å². The van der Waals surface area contributed by atoms with Crippen LogP contribution in [0.15, 0.2) is 48.7 Å². The van der Waals surface area contributed by atoms with Crippen molar-refractivity contribution in [2.75, 3.05) is 25.1 Å². The van der Waals surface area contributed by atoms with Gasteiger partial charge in [0, 0.05) is 24.8 Å². The van der Waals surface area contributed by atoms with E-state index in [0.717, 1.165) is 42.3 Å². The molecule has 1 saturated heterocycles. The molecule has 0 radical (unpaired) electrons. The molecule has 1 fully saturated rings. The fraction of sp³-hybridized carbons (Fsp3) is 0.368. The molecule has 1 aromatic carbocycles. The standard InChI is InChI=1S/C19H22N2O2S/c1-24-14-15-9-11-21(12-15)19(22)16-5-7-18(8-6-16)23-13-17-4-2-3-10-20-17/h2-8,10,15H,9,11-14H2,1H3. The van der Waals surface area contributed by atoms with Crippen LogP contribution in [0.4, 0.5) is 0 Å². The molecule has 126 valence electrons. The first-order valence-corrected chi connectivity index (χ1v) is 9.56. The number of ether oxygens (including phenoxy) is 1. The minimum Gasteiger partial charge on any atom is -0.487 e. The van der Waals surface area contributed by atoms with E-state index in [1.807, 2.05) is 59.1 Å². The van der Waals surface area contributed by atoms with Crippen molar-refractivity contribution in [1.82, 2.24) is 9.88 Å². The number of hydrogen-bond donors (Lipinski definition) is 0. The predicted molar refractivity (Wildman–Crippen MR) is 97.4 cm³/mol. The van der Waals surface area contributed by atoms with E-state index in [1.165, 1.54) is 0 Å². The van der Waals surface area contributed by atoms with Gasteiger partial charge in [0.1, 0.15) is 12.4 Å². The van der Waals surface area contributed by atoms with Gasteiger partial charge >= 0.3 is 0 Å². The van der Waals surface area contributed by atoms with Gasteiger partial charge in [0.25, 0.3) is 5.91 Å². The van der Waals surface area contributed by atoms with Crippen LogP contribution >= 0.6 is 11.8 Å². The number of thioether (sulfide) groups is 1. The number of carbonyl (C=O) groups is 1. The summed E-state index contributed by atoms with van der Waals surface area (Å²) >= 11 is 1.85. The van der Waals surface area contributed by atoms with Crippen molar-refractivity contribution in [3.63, 3.8) is 0 Å². The van der Waals surface area contributed by atoms with Gasteiger partial charge in [-0.25, -0.2) is 0 Å². The van der Waals surface area contributed by atoms with Gasteiger partial charge in [0.15, 0.2) is 0 Å². The Bertz CT molecular complexity index is 661. The lowest BCUT2D eigenvalue weighted by Gasteiger charge is -2.16. The Kier molecular flexibility index (Phi) is 5.75. The number of benzene rings is 1. The van der Waals surface area contributed by atoms with E-state index >= 15 is 0 Å². The molecule has 2 aromatic rings. The zero-order valence-corrected chi connectivity index (χ0v) is 14.7. The quantitative estimate of drug-likeness (QED) is 0.806. The van der Waals surface area contributed by atoms with Crippen LogP contribution in [-0.2, 0) is 6.61 Å². The Morgan fingerprint density at radius 2 is 2.12 bits per heavy atom. The number of carbonyl (C=O) groups excluding carboxylic acids is 1. The maximum absolute atomic E-state index is 12.6. The second-order valence-corrected chi connectivity index (χ2v) is 6.91. The summed E-state index contributed by atoms with van der Waals surface area (Å²) in [6, 6.07) is 13.1. The van der Waals surface area contributed by atoms with Crippen LogP contribution in [0, 0.1) is 5.92 Å². The van der Waals surface area contributed by atoms with Crippen molar-refractivity contribution in [2.24, 2.45) is 5.92 Å². The second-order valence-electron chi connectivity index (χ2n) is 6.00. The Morgan fingerprint density at radius 3 is 2.83 bits per heavy atom. The zero-order chi connectivity index (χ0) is 16.8. The molecular formula is C19H22N2O2S. The van der Waals surface area contributed by atoms with E-state index in [4.69, 9.17) is 4.74 Å². The molecule has 1 amide bonds. The minimum atomic E-state index is 0.120. The highest BCUT2D eigenvalue weighted by atomic mass is 32.2. The van der Waals surface area contributed by atoms with Crippen LogP contribution in [0.5, 0.6) is 5.75 Å². The van der Waals surface area contributed by atoms with Crippen LogP contribution in [0.3, 0.4) is 0 Å². The molecule has 1 atom stereocenters. The van der Waals surface area contributed by atoms with Crippen molar-refractivity contribution < 1.29 is 9.53 Å². The Labute approximate surface area is 147 Å². The fourth-order valence-electron chi connectivity index (χ4n) is 2.91. The normalized spacial score (nSPS) is 17.0. The molecule has 1 unspecified atom stereocenters. The summed E-state index contributed by atoms with van der Waals surface area (Å²) in [4.78, 5) is 18.7. The first kappa shape index (κ1) is 16.8. The molecule has 2 heterocycles. The molecule has 24 heavy (non-hydrogen) atoms. The van der Waals surface area contributed by atoms with Crippen LogP contribution in [0.1, 0.15) is 22.5 Å². The molecule has 0 spiro atoms. The zero-order valence-electron chi connectivity index (χ0n) is 13.9. The average Bonchev–Trinajstić information content (AvgIpc) is 3.10. The molecule has 0 bridgehead atoms. The minimum absolute atomic E-state index is 0.120. The number of likely N-dealkylation sites (tertiary alicyclic amines) is 1. The Hall–Kier alpha value is -2.01. The summed E-state index contributed by atoms with van der Waals surface area (Å²) in [5.74, 6) is 2.63. The number of rotatable bonds is 6. The summed E-state index contributed by atoms with van der Waals surface area (Å²) in [5.41, 5.74) is 1.61. The van der Waals surface area contributed by atoms with E-state index < -0.39 is 0 Å². The van der Waals surface area contributed by atoms with Gasteiger partial charge in [-0.1, -0.05) is 6.07 Å². The molecule has 1 aliphatic heterocycles. The third-order valence-corrected chi connectivity index (χ3v) is 4.99. The lowest BCUT2D eigenvalue weighted by Crippen LogP contribution is -2.28. The SMILES string of the molecule is CSCC1CCN(C(=O)c2ccc(OCc3ccccn3)cc2)C1. The molecule has 1 aliphatic rings. The number of hydrogen-bond acceptors (Lipinski definition) is 4. The third kappa shape index (κ3) is 4.29. The van der Waals surface area contributed by atoms with Gasteiger partial charge in [-0.15, -0.1) is 0 Å². The van der Waals surface area contributed by atoms with Crippen LogP contribution in [-0.4, -0.2) is 40.9 Å². The van der Waals surface area contributed by atoms with Gasteiger partial charge in [0.05, 0.1) is 5.69 Å². The fourth-order valence-corrected chi connectivity index (χ4v) is 3.65. The monoisotopic (exact) mass is 342 g/mol. The molecule has 0 aliphatic carbocycles. The molecule has 3 rings (SSSR count). The van der Waals surface area contributed by atoms with Crippen molar-refractivity contribution in [2.45, 2.75) is 13.0 Å². The summed E-state index contributed by atoms with van der Waals surface area (Å²) in [5, 5.41) is 0. The van der Waals surface area contributed by atoms with Crippen molar-refractivity contribution >= 4 is 17.7 Å². The van der Waals surface area contributed by atoms with E-state index in [1.54, 1.807) is 6.20 Å². The van der Waals surface area contributed by atoms with Crippen LogP contribution in [0.2, 0.25) is 0 Å². The summed E-state index contributed by atoms with van der Waals surface area (Å²) < 4.78 is 5.71. The largest absolute Gasteiger partial charge is 0.487 e. The lowest BCUT2D eigenvalue weighted by atomic mass is 10.1. The summed E-state index contributed by atoms with van der Waals surface area (Å²) in [7, 11) is 0. The lowest BCUT2D eigenvalue weighted by molar-refractivity contribution is 0.0788. The summed E-state index contributed by atoms with van der Waals surface area (Å²) in [6.07, 6.45) is 4.98. The van der Waals surface area contributed by atoms with Crippen LogP contribution < -0.4 is 4.74 Å². The van der Waals surface area contributed by atoms with Crippen molar-refractivity contribution in [3.05, 3.63) is 59.9 Å². The molecule has 0 saturated carbocycles. The maximum atomic E-state index is 12.6. The van der Waals surface area contributed by atoms with E-state index in [-0.39, 0.29) is 5.91 Å². The molecule has 4 nitrogen and oxygen atoms in total. The Morgan fingerprint density at radius 1 is 1.29 bits per heavy atom. The van der Waals surface area contributed by atoms with Crippen LogP contribution in [0.25, 0.3) is 0 Å². The number of nitrogens with zero attached hydrogens (tertiary/aromatic N) is 2. The van der Waals surface area contributed by atoms with Gasteiger partial charge in [-0.3, -0.25) is 9.78 Å². The highest BCUT2D eigenvalue weighted by molar-refractivity contribution is 7.98. The highest BCUT2D eigenvalue weighted by Gasteiger charge is 2.26. The van der Waals surface area contributed by atoms with Crippen molar-refractivity contribution in [3.8, 4) is 5.75 Å². The number of amides is 1. The molecule has 5 heteroatoms. The smallest absolute Gasteiger partial charge is 0.253 e. The van der Waals surface area contributed by atoms with E-state index in [9.17, 15) is 4.79 Å². The average molecular weight is 342 g/mol. The third-order valence-electron chi connectivity index (χ3n) is 4.19. The maximum Gasteiger partial charge on any atom is 0.253 e.